The van der Waals surface area contributed by atoms with Crippen LogP contribution in [0.2, 0.25) is 5.15 Å². The predicted octanol–water partition coefficient (Wildman–Crippen LogP) is 3.02. The first-order chi connectivity index (χ1) is 9.56. The summed E-state index contributed by atoms with van der Waals surface area (Å²) in [6, 6.07) is 10.0. The van der Waals surface area contributed by atoms with E-state index in [1.54, 1.807) is 24.4 Å². The van der Waals surface area contributed by atoms with Crippen LogP contribution in [0.25, 0.3) is 10.9 Å². The summed E-state index contributed by atoms with van der Waals surface area (Å²) in [5.41, 5.74) is 1.41. The standard InChI is InChI=1S/C13H10ClN3O2S/c14-13-12(2-1-6-16-13)20(18,19)17-10-3-4-11-9(8-10)5-7-15-11/h1-8,15,17H. The van der Waals surface area contributed by atoms with Crippen LogP contribution in [0.15, 0.2) is 53.7 Å². The van der Waals surface area contributed by atoms with Crippen molar-refractivity contribution in [1.82, 2.24) is 9.97 Å². The number of aromatic nitrogens is 2. The first kappa shape index (κ1) is 13.0. The second kappa shape index (κ2) is 4.81. The Morgan fingerprint density at radius 2 is 2.05 bits per heavy atom. The van der Waals surface area contributed by atoms with Gasteiger partial charge in [0.15, 0.2) is 0 Å². The van der Waals surface area contributed by atoms with Crippen LogP contribution >= 0.6 is 11.6 Å². The number of hydrogen-bond acceptors (Lipinski definition) is 3. The van der Waals surface area contributed by atoms with Crippen LogP contribution in [0.1, 0.15) is 0 Å². The zero-order valence-corrected chi connectivity index (χ0v) is 11.7. The van der Waals surface area contributed by atoms with Gasteiger partial charge in [-0.25, -0.2) is 13.4 Å². The van der Waals surface area contributed by atoms with Crippen molar-refractivity contribution >= 4 is 38.2 Å². The average Bonchev–Trinajstić information content (AvgIpc) is 2.86. The van der Waals surface area contributed by atoms with Crippen molar-refractivity contribution in [3.05, 3.63) is 53.9 Å². The molecule has 3 aromatic rings. The Morgan fingerprint density at radius 3 is 2.85 bits per heavy atom. The van der Waals surface area contributed by atoms with Gasteiger partial charge in [-0.05, 0) is 36.4 Å². The molecular formula is C13H10ClN3O2S. The van der Waals surface area contributed by atoms with Crippen molar-refractivity contribution in [2.45, 2.75) is 4.90 Å². The maximum absolute atomic E-state index is 12.3. The van der Waals surface area contributed by atoms with Gasteiger partial charge in [0.25, 0.3) is 10.0 Å². The summed E-state index contributed by atoms with van der Waals surface area (Å²) >= 11 is 5.82. The number of fused-ring (bicyclic) bond motifs is 1. The summed E-state index contributed by atoms with van der Waals surface area (Å²) in [5, 5.41) is 0.866. The van der Waals surface area contributed by atoms with Gasteiger partial charge >= 0.3 is 0 Å². The van der Waals surface area contributed by atoms with E-state index in [4.69, 9.17) is 11.6 Å². The Hall–Kier alpha value is -2.05. The molecule has 0 unspecified atom stereocenters. The highest BCUT2D eigenvalue weighted by atomic mass is 35.5. The fourth-order valence-corrected chi connectivity index (χ4v) is 3.40. The molecule has 20 heavy (non-hydrogen) atoms. The zero-order chi connectivity index (χ0) is 14.2. The Labute approximate surface area is 120 Å². The molecule has 0 aliphatic heterocycles. The van der Waals surface area contributed by atoms with Gasteiger partial charge in [-0.2, -0.15) is 0 Å². The summed E-state index contributed by atoms with van der Waals surface area (Å²) in [6.45, 7) is 0. The van der Waals surface area contributed by atoms with Gasteiger partial charge in [-0.1, -0.05) is 11.6 Å². The van der Waals surface area contributed by atoms with Crippen LogP contribution < -0.4 is 4.72 Å². The lowest BCUT2D eigenvalue weighted by Gasteiger charge is -2.08. The SMILES string of the molecule is O=S(=O)(Nc1ccc2[nH]ccc2c1)c1cccnc1Cl. The third kappa shape index (κ3) is 2.35. The van der Waals surface area contributed by atoms with E-state index < -0.39 is 10.0 Å². The minimum absolute atomic E-state index is 0.0455. The molecule has 2 aromatic heterocycles. The van der Waals surface area contributed by atoms with Crippen LogP contribution in [-0.4, -0.2) is 18.4 Å². The topological polar surface area (TPSA) is 74.8 Å². The summed E-state index contributed by atoms with van der Waals surface area (Å²) in [7, 11) is -3.75. The van der Waals surface area contributed by atoms with Crippen LogP contribution in [0.5, 0.6) is 0 Å². The van der Waals surface area contributed by atoms with Crippen LogP contribution in [0, 0.1) is 0 Å². The molecule has 0 fully saturated rings. The summed E-state index contributed by atoms with van der Waals surface area (Å²) in [6.07, 6.45) is 3.23. The molecule has 0 aliphatic carbocycles. The molecule has 0 atom stereocenters. The number of hydrogen-bond donors (Lipinski definition) is 2. The molecule has 1 aromatic carbocycles. The van der Waals surface area contributed by atoms with Gasteiger partial charge < -0.3 is 4.98 Å². The number of aromatic amines is 1. The van der Waals surface area contributed by atoms with Gasteiger partial charge in [0, 0.05) is 29.0 Å². The summed E-state index contributed by atoms with van der Waals surface area (Å²) in [4.78, 5) is 6.77. The maximum atomic E-state index is 12.3. The summed E-state index contributed by atoms with van der Waals surface area (Å²) in [5.74, 6) is 0. The molecule has 3 rings (SSSR count). The minimum atomic E-state index is -3.75. The van der Waals surface area contributed by atoms with Crippen LogP contribution in [0.4, 0.5) is 5.69 Å². The number of H-pyrrole nitrogens is 1. The van der Waals surface area contributed by atoms with Gasteiger partial charge in [-0.15, -0.1) is 0 Å². The lowest BCUT2D eigenvalue weighted by molar-refractivity contribution is 0.601. The Balaban J connectivity index is 1.99. The van der Waals surface area contributed by atoms with E-state index in [1.807, 2.05) is 6.07 Å². The van der Waals surface area contributed by atoms with Gasteiger partial charge in [0.2, 0.25) is 0 Å². The number of rotatable bonds is 3. The zero-order valence-electron chi connectivity index (χ0n) is 10.2. The van der Waals surface area contributed by atoms with Gasteiger partial charge in [-0.3, -0.25) is 4.72 Å². The molecule has 0 bridgehead atoms. The van der Waals surface area contributed by atoms with E-state index in [0.29, 0.717) is 5.69 Å². The average molecular weight is 308 g/mol. The monoisotopic (exact) mass is 307 g/mol. The normalized spacial score (nSPS) is 11.7. The lowest BCUT2D eigenvalue weighted by atomic mass is 10.2. The molecule has 0 saturated heterocycles. The smallest absolute Gasteiger partial charge is 0.264 e. The van der Waals surface area contributed by atoms with Crippen molar-refractivity contribution in [3.8, 4) is 0 Å². The number of halogens is 1. The molecular weight excluding hydrogens is 298 g/mol. The van der Waals surface area contributed by atoms with Crippen LogP contribution in [-0.2, 0) is 10.0 Å². The van der Waals surface area contributed by atoms with Crippen molar-refractivity contribution < 1.29 is 8.42 Å². The minimum Gasteiger partial charge on any atom is -0.361 e. The van der Waals surface area contributed by atoms with E-state index in [0.717, 1.165) is 10.9 Å². The number of pyridine rings is 1. The van der Waals surface area contributed by atoms with E-state index in [9.17, 15) is 8.42 Å². The van der Waals surface area contributed by atoms with Crippen LogP contribution in [0.3, 0.4) is 0 Å². The van der Waals surface area contributed by atoms with Crippen molar-refractivity contribution in [1.29, 1.82) is 0 Å². The maximum Gasteiger partial charge on any atom is 0.264 e. The van der Waals surface area contributed by atoms with E-state index in [2.05, 4.69) is 14.7 Å². The van der Waals surface area contributed by atoms with Crippen molar-refractivity contribution in [2.75, 3.05) is 4.72 Å². The highest BCUT2D eigenvalue weighted by Gasteiger charge is 2.18. The molecule has 2 N–H and O–H groups in total. The fourth-order valence-electron chi connectivity index (χ4n) is 1.90. The number of nitrogens with one attached hydrogen (secondary N) is 2. The second-order valence-corrected chi connectivity index (χ2v) is 6.19. The molecule has 0 aliphatic rings. The van der Waals surface area contributed by atoms with E-state index >= 15 is 0 Å². The molecule has 0 amide bonds. The van der Waals surface area contributed by atoms with Crippen molar-refractivity contribution in [3.63, 3.8) is 0 Å². The largest absolute Gasteiger partial charge is 0.361 e. The molecule has 0 saturated carbocycles. The molecule has 0 radical (unpaired) electrons. The third-order valence-electron chi connectivity index (χ3n) is 2.82. The third-order valence-corrected chi connectivity index (χ3v) is 4.65. The molecule has 7 heteroatoms. The number of sulfonamides is 1. The highest BCUT2D eigenvalue weighted by Crippen LogP contribution is 2.23. The Morgan fingerprint density at radius 1 is 1.20 bits per heavy atom. The Bertz CT molecular complexity index is 874. The van der Waals surface area contributed by atoms with Crippen molar-refractivity contribution in [2.24, 2.45) is 0 Å². The first-order valence-corrected chi connectivity index (χ1v) is 7.63. The van der Waals surface area contributed by atoms with E-state index in [-0.39, 0.29) is 10.0 Å². The number of benzene rings is 1. The molecule has 0 spiro atoms. The van der Waals surface area contributed by atoms with E-state index in [1.165, 1.54) is 18.3 Å². The first-order valence-electron chi connectivity index (χ1n) is 5.77. The molecule has 2 heterocycles. The Kier molecular flexibility index (Phi) is 3.11. The van der Waals surface area contributed by atoms with Gasteiger partial charge in [0.1, 0.15) is 10.0 Å². The van der Waals surface area contributed by atoms with Gasteiger partial charge in [0.05, 0.1) is 0 Å². The fraction of sp³-hybridized carbons (Fsp3) is 0. The number of nitrogens with zero attached hydrogens (tertiary/aromatic N) is 1. The molecule has 102 valence electrons. The summed E-state index contributed by atoms with van der Waals surface area (Å²) < 4.78 is 27.0. The number of anilines is 1. The quantitative estimate of drug-likeness (QED) is 0.730. The molecule has 5 nitrogen and oxygen atoms in total. The predicted molar refractivity (Wildman–Crippen MR) is 78.4 cm³/mol. The second-order valence-electron chi connectivity index (χ2n) is 4.18. The highest BCUT2D eigenvalue weighted by molar-refractivity contribution is 7.92. The lowest BCUT2D eigenvalue weighted by Crippen LogP contribution is -2.13.